The predicted molar refractivity (Wildman–Crippen MR) is 93.8 cm³/mol. The molecule has 132 valence electrons. The van der Waals surface area contributed by atoms with Gasteiger partial charge in [-0.25, -0.2) is 9.78 Å². The normalized spacial score (nSPS) is 12.6. The van der Waals surface area contributed by atoms with Crippen LogP contribution in [0.3, 0.4) is 0 Å². The summed E-state index contributed by atoms with van der Waals surface area (Å²) >= 11 is 0. The van der Waals surface area contributed by atoms with E-state index in [0.29, 0.717) is 22.9 Å². The number of rotatable bonds is 3. The van der Waals surface area contributed by atoms with Crippen molar-refractivity contribution in [1.82, 2.24) is 28.9 Å². The van der Waals surface area contributed by atoms with Crippen LogP contribution < -0.4 is 11.2 Å². The first kappa shape index (κ1) is 16.0. The molecule has 0 fully saturated rings. The van der Waals surface area contributed by atoms with Crippen molar-refractivity contribution < 1.29 is 4.42 Å². The van der Waals surface area contributed by atoms with Crippen LogP contribution in [-0.4, -0.2) is 28.9 Å². The zero-order valence-electron chi connectivity index (χ0n) is 14.4. The third-order valence-electron chi connectivity index (χ3n) is 4.41. The Morgan fingerprint density at radius 3 is 2.50 bits per heavy atom. The molecular formula is C17H16N6O3. The number of aryl methyl sites for hydroxylation is 1. The van der Waals surface area contributed by atoms with Gasteiger partial charge in [-0.15, -0.1) is 10.2 Å². The molecule has 0 radical (unpaired) electrons. The van der Waals surface area contributed by atoms with Crippen LogP contribution >= 0.6 is 0 Å². The largest absolute Gasteiger partial charge is 0.418 e. The van der Waals surface area contributed by atoms with E-state index < -0.39 is 17.3 Å². The summed E-state index contributed by atoms with van der Waals surface area (Å²) in [6.45, 7) is 1.83. The van der Waals surface area contributed by atoms with Crippen molar-refractivity contribution in [1.29, 1.82) is 0 Å². The van der Waals surface area contributed by atoms with Gasteiger partial charge >= 0.3 is 5.69 Å². The molecule has 1 unspecified atom stereocenters. The number of benzene rings is 1. The maximum atomic E-state index is 12.6. The van der Waals surface area contributed by atoms with E-state index in [0.717, 1.165) is 10.1 Å². The summed E-state index contributed by atoms with van der Waals surface area (Å²) in [5, 5.41) is 8.18. The SMILES string of the molecule is CC(c1nnc(-c2ccccc2)o1)n1cnc2c1c(=O)n(C)c(=O)n2C. The van der Waals surface area contributed by atoms with Gasteiger partial charge in [0.25, 0.3) is 5.56 Å². The molecule has 0 aliphatic rings. The van der Waals surface area contributed by atoms with Gasteiger partial charge in [0.2, 0.25) is 11.8 Å². The number of imidazole rings is 1. The average Bonchev–Trinajstić information content (AvgIpc) is 3.32. The summed E-state index contributed by atoms with van der Waals surface area (Å²) in [6, 6.07) is 9.00. The Balaban J connectivity index is 1.83. The molecule has 9 heteroatoms. The fourth-order valence-corrected chi connectivity index (χ4v) is 2.88. The van der Waals surface area contributed by atoms with Crippen LogP contribution in [0.5, 0.6) is 0 Å². The van der Waals surface area contributed by atoms with Crippen molar-refractivity contribution in [3.63, 3.8) is 0 Å². The first-order chi connectivity index (χ1) is 12.5. The Morgan fingerprint density at radius 2 is 1.77 bits per heavy atom. The molecule has 0 saturated heterocycles. The van der Waals surface area contributed by atoms with Gasteiger partial charge in [0.15, 0.2) is 11.2 Å². The molecule has 9 nitrogen and oxygen atoms in total. The Hall–Kier alpha value is -3.49. The monoisotopic (exact) mass is 352 g/mol. The second kappa shape index (κ2) is 5.80. The predicted octanol–water partition coefficient (Wildman–Crippen LogP) is 1.09. The molecule has 0 bridgehead atoms. The summed E-state index contributed by atoms with van der Waals surface area (Å²) in [5.74, 6) is 0.747. The van der Waals surface area contributed by atoms with Gasteiger partial charge in [0.1, 0.15) is 6.04 Å². The van der Waals surface area contributed by atoms with Crippen LogP contribution in [-0.2, 0) is 14.1 Å². The minimum absolute atomic E-state index is 0.307. The first-order valence-electron chi connectivity index (χ1n) is 8.00. The number of hydrogen-bond acceptors (Lipinski definition) is 6. The molecule has 0 aliphatic heterocycles. The van der Waals surface area contributed by atoms with Gasteiger partial charge in [0.05, 0.1) is 6.33 Å². The van der Waals surface area contributed by atoms with E-state index in [-0.39, 0.29) is 0 Å². The topological polar surface area (TPSA) is 101 Å². The molecule has 3 aromatic heterocycles. The number of nitrogens with zero attached hydrogens (tertiary/aromatic N) is 6. The van der Waals surface area contributed by atoms with Crippen LogP contribution in [0.1, 0.15) is 18.9 Å². The second-order valence-electron chi connectivity index (χ2n) is 6.02. The van der Waals surface area contributed by atoms with E-state index in [4.69, 9.17) is 4.42 Å². The van der Waals surface area contributed by atoms with E-state index >= 15 is 0 Å². The number of aromatic nitrogens is 6. The minimum Gasteiger partial charge on any atom is -0.418 e. The highest BCUT2D eigenvalue weighted by molar-refractivity contribution is 5.70. The molecule has 1 atom stereocenters. The third kappa shape index (κ3) is 2.28. The fourth-order valence-electron chi connectivity index (χ4n) is 2.88. The highest BCUT2D eigenvalue weighted by Gasteiger charge is 2.22. The van der Waals surface area contributed by atoms with Gasteiger partial charge in [-0.1, -0.05) is 18.2 Å². The van der Waals surface area contributed by atoms with Gasteiger partial charge in [-0.2, -0.15) is 0 Å². The summed E-state index contributed by atoms with van der Waals surface area (Å²) in [5.41, 5.74) is 0.585. The molecule has 4 aromatic rings. The summed E-state index contributed by atoms with van der Waals surface area (Å²) in [4.78, 5) is 28.8. The highest BCUT2D eigenvalue weighted by Crippen LogP contribution is 2.24. The van der Waals surface area contributed by atoms with Crippen molar-refractivity contribution in [2.75, 3.05) is 0 Å². The maximum absolute atomic E-state index is 12.6. The molecule has 1 aromatic carbocycles. The Bertz CT molecular complexity index is 1220. The highest BCUT2D eigenvalue weighted by atomic mass is 16.4. The number of hydrogen-bond donors (Lipinski definition) is 0. The lowest BCUT2D eigenvalue weighted by Crippen LogP contribution is -2.37. The smallest absolute Gasteiger partial charge is 0.332 e. The van der Waals surface area contributed by atoms with Crippen LogP contribution in [0, 0.1) is 0 Å². The van der Waals surface area contributed by atoms with Crippen LogP contribution in [0.4, 0.5) is 0 Å². The van der Waals surface area contributed by atoms with E-state index in [9.17, 15) is 9.59 Å². The molecule has 4 rings (SSSR count). The molecule has 3 heterocycles. The maximum Gasteiger partial charge on any atom is 0.332 e. The van der Waals surface area contributed by atoms with E-state index in [2.05, 4.69) is 15.2 Å². The third-order valence-corrected chi connectivity index (χ3v) is 4.41. The molecule has 0 amide bonds. The zero-order chi connectivity index (χ0) is 18.4. The van der Waals surface area contributed by atoms with Crippen molar-refractivity contribution in [2.45, 2.75) is 13.0 Å². The van der Waals surface area contributed by atoms with Crippen LogP contribution in [0.2, 0.25) is 0 Å². The molecule has 0 saturated carbocycles. The van der Waals surface area contributed by atoms with E-state index in [1.54, 1.807) is 11.6 Å². The Labute approximate surface area is 147 Å². The Kier molecular flexibility index (Phi) is 3.57. The van der Waals surface area contributed by atoms with Gasteiger partial charge < -0.3 is 8.98 Å². The molecular weight excluding hydrogens is 336 g/mol. The van der Waals surface area contributed by atoms with Gasteiger partial charge in [-0.3, -0.25) is 13.9 Å². The van der Waals surface area contributed by atoms with Gasteiger partial charge in [0, 0.05) is 19.7 Å². The average molecular weight is 352 g/mol. The quantitative estimate of drug-likeness (QED) is 0.547. The standard InChI is InChI=1S/C17H16N6O3/c1-10(14-19-20-15(26-14)11-7-5-4-6-8-11)23-9-18-13-12(23)16(24)22(3)17(25)21(13)2/h4-10H,1-3H3. The molecule has 0 aliphatic carbocycles. The van der Waals surface area contributed by atoms with Crippen molar-refractivity contribution in [3.8, 4) is 11.5 Å². The summed E-state index contributed by atoms with van der Waals surface area (Å²) < 4.78 is 9.81. The minimum atomic E-state index is -0.426. The fraction of sp³-hybridized carbons (Fsp3) is 0.235. The van der Waals surface area contributed by atoms with Crippen molar-refractivity contribution >= 4 is 11.2 Å². The van der Waals surface area contributed by atoms with E-state index in [1.165, 1.54) is 17.9 Å². The zero-order valence-corrected chi connectivity index (χ0v) is 14.4. The van der Waals surface area contributed by atoms with Crippen molar-refractivity contribution in [2.24, 2.45) is 14.1 Å². The summed E-state index contributed by atoms with van der Waals surface area (Å²) in [6.07, 6.45) is 1.50. The lowest BCUT2D eigenvalue weighted by atomic mass is 10.2. The van der Waals surface area contributed by atoms with Crippen LogP contribution in [0.25, 0.3) is 22.6 Å². The van der Waals surface area contributed by atoms with Crippen molar-refractivity contribution in [3.05, 3.63) is 63.4 Å². The van der Waals surface area contributed by atoms with E-state index in [1.807, 2.05) is 37.3 Å². The molecule has 26 heavy (non-hydrogen) atoms. The number of fused-ring (bicyclic) bond motifs is 1. The molecule has 0 N–H and O–H groups in total. The van der Waals surface area contributed by atoms with Crippen LogP contribution in [0.15, 0.2) is 50.7 Å². The summed E-state index contributed by atoms with van der Waals surface area (Å²) in [7, 11) is 3.01. The lowest BCUT2D eigenvalue weighted by Gasteiger charge is -2.10. The second-order valence-corrected chi connectivity index (χ2v) is 6.02. The first-order valence-corrected chi connectivity index (χ1v) is 8.00. The lowest BCUT2D eigenvalue weighted by molar-refractivity contribution is 0.442. The van der Waals surface area contributed by atoms with Gasteiger partial charge in [-0.05, 0) is 19.1 Å². The molecule has 0 spiro atoms. The Morgan fingerprint density at radius 1 is 1.04 bits per heavy atom.